The van der Waals surface area contributed by atoms with E-state index in [9.17, 15) is 9.59 Å². The van der Waals surface area contributed by atoms with Crippen LogP contribution in [0.4, 0.5) is 0 Å². The third kappa shape index (κ3) is 5.14. The van der Waals surface area contributed by atoms with Crippen LogP contribution < -0.4 is 11.5 Å². The van der Waals surface area contributed by atoms with E-state index in [-0.39, 0.29) is 5.91 Å². The van der Waals surface area contributed by atoms with E-state index in [2.05, 4.69) is 0 Å². The Morgan fingerprint density at radius 2 is 2.21 bits per heavy atom. The zero-order chi connectivity index (χ0) is 14.3. The van der Waals surface area contributed by atoms with Gasteiger partial charge in [-0.15, -0.1) is 0 Å². The lowest BCUT2D eigenvalue weighted by Crippen LogP contribution is -2.53. The van der Waals surface area contributed by atoms with Crippen LogP contribution in [0.5, 0.6) is 0 Å². The SMILES string of the molecule is CN(CCCN)C(=O)CCN1CCOCC1C(N)=O. The molecule has 1 atom stereocenters. The Morgan fingerprint density at radius 3 is 2.84 bits per heavy atom. The summed E-state index contributed by atoms with van der Waals surface area (Å²) in [4.78, 5) is 26.7. The number of hydrogen-bond acceptors (Lipinski definition) is 5. The predicted molar refractivity (Wildman–Crippen MR) is 71.3 cm³/mol. The van der Waals surface area contributed by atoms with Gasteiger partial charge in [0.1, 0.15) is 6.04 Å². The van der Waals surface area contributed by atoms with Crippen molar-refractivity contribution >= 4 is 11.8 Å². The van der Waals surface area contributed by atoms with Crippen molar-refractivity contribution in [3.05, 3.63) is 0 Å². The molecule has 1 unspecified atom stereocenters. The van der Waals surface area contributed by atoms with E-state index in [0.29, 0.717) is 45.8 Å². The lowest BCUT2D eigenvalue weighted by atomic mass is 10.2. The summed E-state index contributed by atoms with van der Waals surface area (Å²) in [6.45, 7) is 3.28. The first-order valence-corrected chi connectivity index (χ1v) is 6.61. The minimum Gasteiger partial charge on any atom is -0.378 e. The van der Waals surface area contributed by atoms with Crippen molar-refractivity contribution in [2.45, 2.75) is 18.9 Å². The Labute approximate surface area is 113 Å². The van der Waals surface area contributed by atoms with Gasteiger partial charge in [-0.25, -0.2) is 0 Å². The number of carbonyl (C=O) groups excluding carboxylic acids is 2. The van der Waals surface area contributed by atoms with Crippen LogP contribution in [0, 0.1) is 0 Å². The van der Waals surface area contributed by atoms with E-state index in [1.165, 1.54) is 0 Å². The summed E-state index contributed by atoms with van der Waals surface area (Å²) in [7, 11) is 1.77. The number of amides is 2. The first-order valence-electron chi connectivity index (χ1n) is 6.61. The van der Waals surface area contributed by atoms with E-state index in [4.69, 9.17) is 16.2 Å². The van der Waals surface area contributed by atoms with Gasteiger partial charge < -0.3 is 21.1 Å². The molecule has 0 saturated carbocycles. The maximum absolute atomic E-state index is 11.9. The minimum absolute atomic E-state index is 0.0585. The summed E-state index contributed by atoms with van der Waals surface area (Å²) in [6, 6.07) is -0.420. The maximum atomic E-state index is 11.9. The predicted octanol–water partition coefficient (Wildman–Crippen LogP) is -1.63. The second kappa shape index (κ2) is 8.08. The Kier molecular flexibility index (Phi) is 6.75. The van der Waals surface area contributed by atoms with Crippen molar-refractivity contribution in [1.29, 1.82) is 0 Å². The van der Waals surface area contributed by atoms with Gasteiger partial charge in [0.2, 0.25) is 11.8 Å². The highest BCUT2D eigenvalue weighted by molar-refractivity contribution is 5.80. The molecule has 1 fully saturated rings. The second-order valence-electron chi connectivity index (χ2n) is 4.74. The van der Waals surface area contributed by atoms with Gasteiger partial charge in [-0.2, -0.15) is 0 Å². The molecule has 1 rings (SSSR count). The molecule has 0 spiro atoms. The molecule has 0 aromatic rings. The van der Waals surface area contributed by atoms with Crippen LogP contribution in [0.2, 0.25) is 0 Å². The van der Waals surface area contributed by atoms with Crippen molar-refractivity contribution < 1.29 is 14.3 Å². The van der Waals surface area contributed by atoms with Gasteiger partial charge in [0.25, 0.3) is 0 Å². The zero-order valence-corrected chi connectivity index (χ0v) is 11.5. The smallest absolute Gasteiger partial charge is 0.237 e. The Hall–Kier alpha value is -1.18. The van der Waals surface area contributed by atoms with Crippen molar-refractivity contribution in [1.82, 2.24) is 9.80 Å². The van der Waals surface area contributed by atoms with E-state index >= 15 is 0 Å². The van der Waals surface area contributed by atoms with E-state index in [0.717, 1.165) is 6.42 Å². The number of ether oxygens (including phenoxy) is 1. The molecule has 4 N–H and O–H groups in total. The Balaban J connectivity index is 2.37. The molecule has 2 amide bonds. The summed E-state index contributed by atoms with van der Waals surface area (Å²) in [5, 5.41) is 0. The van der Waals surface area contributed by atoms with Crippen molar-refractivity contribution in [2.75, 3.05) is 46.4 Å². The largest absolute Gasteiger partial charge is 0.378 e. The van der Waals surface area contributed by atoms with Crippen LogP contribution >= 0.6 is 0 Å². The van der Waals surface area contributed by atoms with Gasteiger partial charge in [-0.05, 0) is 13.0 Å². The molecule has 0 aromatic carbocycles. The molecular formula is C12H24N4O3. The normalized spacial score (nSPS) is 20.2. The highest BCUT2D eigenvalue weighted by atomic mass is 16.5. The fourth-order valence-electron chi connectivity index (χ4n) is 2.05. The fourth-order valence-corrected chi connectivity index (χ4v) is 2.05. The van der Waals surface area contributed by atoms with Crippen molar-refractivity contribution in [2.24, 2.45) is 11.5 Å². The first kappa shape index (κ1) is 15.9. The lowest BCUT2D eigenvalue weighted by molar-refractivity contribution is -0.134. The standard InChI is InChI=1S/C12H24N4O3/c1-15(5-2-4-13)11(17)3-6-16-7-8-19-9-10(16)12(14)18/h10H,2-9,13H2,1H3,(H2,14,18). The summed E-state index contributed by atoms with van der Waals surface area (Å²) in [5.74, 6) is -0.341. The quantitative estimate of drug-likeness (QED) is 0.579. The molecule has 0 aliphatic carbocycles. The number of morpholine rings is 1. The van der Waals surface area contributed by atoms with Crippen LogP contribution in [0.15, 0.2) is 0 Å². The third-order valence-electron chi connectivity index (χ3n) is 3.30. The van der Waals surface area contributed by atoms with Crippen LogP contribution in [0.1, 0.15) is 12.8 Å². The lowest BCUT2D eigenvalue weighted by Gasteiger charge is -2.33. The number of primary amides is 1. The molecule has 7 nitrogen and oxygen atoms in total. The molecular weight excluding hydrogens is 248 g/mol. The second-order valence-corrected chi connectivity index (χ2v) is 4.74. The molecule has 7 heteroatoms. The summed E-state index contributed by atoms with van der Waals surface area (Å²) in [6.07, 6.45) is 1.18. The van der Waals surface area contributed by atoms with Gasteiger partial charge in [0, 0.05) is 33.1 Å². The van der Waals surface area contributed by atoms with Crippen molar-refractivity contribution in [3.8, 4) is 0 Å². The zero-order valence-electron chi connectivity index (χ0n) is 11.5. The van der Waals surface area contributed by atoms with Crippen LogP contribution in [-0.2, 0) is 14.3 Å². The summed E-state index contributed by atoms with van der Waals surface area (Å²) in [5.41, 5.74) is 10.7. The molecule has 0 bridgehead atoms. The number of carbonyl (C=O) groups is 2. The molecule has 110 valence electrons. The van der Waals surface area contributed by atoms with Gasteiger partial charge in [0.05, 0.1) is 13.2 Å². The minimum atomic E-state index is -0.420. The number of nitrogens with zero attached hydrogens (tertiary/aromatic N) is 2. The van der Waals surface area contributed by atoms with Crippen LogP contribution in [-0.4, -0.2) is 74.1 Å². The van der Waals surface area contributed by atoms with Crippen LogP contribution in [0.3, 0.4) is 0 Å². The maximum Gasteiger partial charge on any atom is 0.237 e. The molecule has 19 heavy (non-hydrogen) atoms. The molecule has 1 aliphatic heterocycles. The topological polar surface area (TPSA) is 102 Å². The Morgan fingerprint density at radius 1 is 1.47 bits per heavy atom. The monoisotopic (exact) mass is 272 g/mol. The van der Waals surface area contributed by atoms with Gasteiger partial charge >= 0.3 is 0 Å². The molecule has 1 saturated heterocycles. The fraction of sp³-hybridized carbons (Fsp3) is 0.833. The average molecular weight is 272 g/mol. The third-order valence-corrected chi connectivity index (χ3v) is 3.30. The van der Waals surface area contributed by atoms with E-state index in [1.807, 2.05) is 4.90 Å². The molecule has 1 aliphatic rings. The highest BCUT2D eigenvalue weighted by Gasteiger charge is 2.27. The van der Waals surface area contributed by atoms with Crippen LogP contribution in [0.25, 0.3) is 0 Å². The summed E-state index contributed by atoms with van der Waals surface area (Å²) < 4.78 is 5.23. The molecule has 0 radical (unpaired) electrons. The highest BCUT2D eigenvalue weighted by Crippen LogP contribution is 2.08. The molecule has 0 aromatic heterocycles. The van der Waals surface area contributed by atoms with E-state index < -0.39 is 11.9 Å². The first-order chi connectivity index (χ1) is 9.06. The van der Waals surface area contributed by atoms with Crippen molar-refractivity contribution in [3.63, 3.8) is 0 Å². The Bertz CT molecular complexity index is 311. The number of rotatable bonds is 7. The van der Waals surface area contributed by atoms with Gasteiger partial charge in [-0.1, -0.05) is 0 Å². The van der Waals surface area contributed by atoms with Gasteiger partial charge in [0.15, 0.2) is 0 Å². The average Bonchev–Trinajstić information content (AvgIpc) is 2.42. The molecule has 1 heterocycles. The van der Waals surface area contributed by atoms with Gasteiger partial charge in [-0.3, -0.25) is 14.5 Å². The number of hydrogen-bond donors (Lipinski definition) is 2. The number of nitrogens with two attached hydrogens (primary N) is 2. The van der Waals surface area contributed by atoms with E-state index in [1.54, 1.807) is 11.9 Å². The summed E-state index contributed by atoms with van der Waals surface area (Å²) >= 11 is 0.